The minimum atomic E-state index is -3.49. The number of nitrogens with zero attached hydrogens (tertiary/aromatic N) is 3. The summed E-state index contributed by atoms with van der Waals surface area (Å²) in [6, 6.07) is 11.4. The van der Waals surface area contributed by atoms with Gasteiger partial charge < -0.3 is 9.30 Å². The number of rotatable bonds is 5. The van der Waals surface area contributed by atoms with E-state index in [4.69, 9.17) is 4.74 Å². The van der Waals surface area contributed by atoms with E-state index in [0.717, 1.165) is 28.8 Å². The molecule has 130 valence electrons. The number of benzene rings is 1. The minimum Gasteiger partial charge on any atom is -0.497 e. The first-order valence-corrected chi connectivity index (χ1v) is 10.2. The topological polar surface area (TPSA) is 73.5 Å². The van der Waals surface area contributed by atoms with Crippen molar-refractivity contribution in [3.05, 3.63) is 64.5 Å². The van der Waals surface area contributed by atoms with Crippen molar-refractivity contribution in [1.82, 2.24) is 9.55 Å². The highest BCUT2D eigenvalue weighted by atomic mass is 32.2. The number of ether oxygens (including phenoxy) is 1. The predicted octanol–water partition coefficient (Wildman–Crippen LogP) is 2.53. The first-order chi connectivity index (χ1) is 12.0. The smallest absolute Gasteiger partial charge is 0.252 e. The second-order valence-electron chi connectivity index (χ2n) is 5.40. The van der Waals surface area contributed by atoms with Crippen molar-refractivity contribution in [2.24, 2.45) is 4.40 Å². The highest BCUT2D eigenvalue weighted by Crippen LogP contribution is 2.23. The summed E-state index contributed by atoms with van der Waals surface area (Å²) in [5, 5.41) is 1.91. The van der Waals surface area contributed by atoms with Crippen molar-refractivity contribution in [1.29, 1.82) is 0 Å². The maximum absolute atomic E-state index is 11.6. The molecule has 8 heteroatoms. The van der Waals surface area contributed by atoms with Gasteiger partial charge in [0, 0.05) is 17.8 Å². The Kier molecular flexibility index (Phi) is 5.00. The quantitative estimate of drug-likeness (QED) is 0.687. The molecule has 0 amide bonds. The van der Waals surface area contributed by atoms with Gasteiger partial charge in [0.25, 0.3) is 10.0 Å². The molecule has 0 spiro atoms. The van der Waals surface area contributed by atoms with Gasteiger partial charge in [-0.15, -0.1) is 15.7 Å². The molecule has 0 unspecified atom stereocenters. The molecule has 3 rings (SSSR count). The van der Waals surface area contributed by atoms with Gasteiger partial charge in [0.2, 0.25) is 4.80 Å². The monoisotopic (exact) mass is 375 g/mol. The number of aromatic nitrogens is 2. The van der Waals surface area contributed by atoms with Crippen LogP contribution in [0.3, 0.4) is 0 Å². The summed E-state index contributed by atoms with van der Waals surface area (Å²) < 4.78 is 34.2. The highest BCUT2D eigenvalue weighted by Gasteiger charge is 2.11. The van der Waals surface area contributed by atoms with E-state index in [1.54, 1.807) is 19.5 Å². The largest absolute Gasteiger partial charge is 0.497 e. The fourth-order valence-corrected chi connectivity index (χ4v) is 4.09. The second-order valence-corrected chi connectivity index (χ2v) is 7.88. The fraction of sp³-hybridized carbons (Fsp3) is 0.176. The van der Waals surface area contributed by atoms with Gasteiger partial charge in [-0.3, -0.25) is 4.98 Å². The van der Waals surface area contributed by atoms with Gasteiger partial charge in [0.1, 0.15) is 5.75 Å². The lowest BCUT2D eigenvalue weighted by molar-refractivity contribution is 0.415. The summed E-state index contributed by atoms with van der Waals surface area (Å²) in [4.78, 5) is 4.45. The zero-order chi connectivity index (χ0) is 17.9. The Balaban J connectivity index is 2.13. The lowest BCUT2D eigenvalue weighted by Gasteiger charge is -2.10. The molecule has 0 atom stereocenters. The van der Waals surface area contributed by atoms with Crippen molar-refractivity contribution in [2.45, 2.75) is 6.54 Å². The molecule has 6 nitrogen and oxygen atoms in total. The molecule has 1 aromatic carbocycles. The molecule has 3 aromatic rings. The molecule has 0 saturated carbocycles. The Labute approximate surface area is 150 Å². The first-order valence-electron chi connectivity index (χ1n) is 7.44. The molecule has 0 radical (unpaired) electrons. The lowest BCUT2D eigenvalue weighted by atomic mass is 10.1. The zero-order valence-electron chi connectivity index (χ0n) is 13.8. The van der Waals surface area contributed by atoms with Gasteiger partial charge in [-0.2, -0.15) is 0 Å². The van der Waals surface area contributed by atoms with Gasteiger partial charge in [0.05, 0.1) is 25.6 Å². The average molecular weight is 375 g/mol. The number of hydrogen-bond acceptors (Lipinski definition) is 5. The second kappa shape index (κ2) is 7.20. The number of thiazole rings is 1. The minimum absolute atomic E-state index is 0.435. The van der Waals surface area contributed by atoms with Crippen LogP contribution in [-0.2, 0) is 16.6 Å². The van der Waals surface area contributed by atoms with Crippen molar-refractivity contribution >= 4 is 21.4 Å². The molecule has 0 aliphatic carbocycles. The van der Waals surface area contributed by atoms with Crippen molar-refractivity contribution in [3.63, 3.8) is 0 Å². The SMILES string of the molecule is COc1ccc(-c2cs/c(=N/S(C)(=O)=O)n2Cc2ccncc2)cc1. The standard InChI is InChI=1S/C17H17N3O3S2/c1-23-15-5-3-14(4-6-15)16-12-24-17(19-25(2,21)22)20(16)11-13-7-9-18-10-8-13/h3-10,12H,11H2,1-2H3/b19-17+. The molecule has 0 fully saturated rings. The van der Waals surface area contributed by atoms with Gasteiger partial charge in [-0.05, 0) is 47.5 Å². The van der Waals surface area contributed by atoms with Crippen molar-refractivity contribution in [3.8, 4) is 17.0 Å². The Morgan fingerprint density at radius 1 is 1.16 bits per heavy atom. The Hall–Kier alpha value is -2.45. The van der Waals surface area contributed by atoms with Crippen LogP contribution in [0.5, 0.6) is 5.75 Å². The van der Waals surface area contributed by atoms with Crippen molar-refractivity contribution in [2.75, 3.05) is 13.4 Å². The molecule has 2 heterocycles. The van der Waals surface area contributed by atoms with Crippen LogP contribution in [0.1, 0.15) is 5.56 Å². The van der Waals surface area contributed by atoms with E-state index >= 15 is 0 Å². The van der Waals surface area contributed by atoms with Crippen LogP contribution in [0.2, 0.25) is 0 Å². The van der Waals surface area contributed by atoms with Crippen LogP contribution in [-0.4, -0.2) is 31.3 Å². The summed E-state index contributed by atoms with van der Waals surface area (Å²) in [6.07, 6.45) is 4.52. The van der Waals surface area contributed by atoms with Crippen LogP contribution < -0.4 is 9.54 Å². The summed E-state index contributed by atoms with van der Waals surface area (Å²) in [6.45, 7) is 0.502. The van der Waals surface area contributed by atoms with Crippen LogP contribution in [0.4, 0.5) is 0 Å². The fourth-order valence-electron chi connectivity index (χ4n) is 2.36. The molecule has 25 heavy (non-hydrogen) atoms. The first kappa shape index (κ1) is 17.4. The third-order valence-corrected chi connectivity index (χ3v) is 5.00. The molecule has 0 bridgehead atoms. The predicted molar refractivity (Wildman–Crippen MR) is 98.0 cm³/mol. The molecule has 0 N–H and O–H groups in total. The highest BCUT2D eigenvalue weighted by molar-refractivity contribution is 7.89. The number of hydrogen-bond donors (Lipinski definition) is 0. The van der Waals surface area contributed by atoms with E-state index < -0.39 is 10.0 Å². The summed E-state index contributed by atoms with van der Waals surface area (Å²) in [5.74, 6) is 0.765. The Morgan fingerprint density at radius 2 is 1.84 bits per heavy atom. The maximum Gasteiger partial charge on any atom is 0.252 e. The van der Waals surface area contributed by atoms with E-state index in [9.17, 15) is 8.42 Å². The average Bonchev–Trinajstić information content (AvgIpc) is 2.96. The van der Waals surface area contributed by atoms with Crippen LogP contribution in [0, 0.1) is 0 Å². The molecule has 0 saturated heterocycles. The molecule has 2 aromatic heterocycles. The Bertz CT molecular complexity index is 1020. The van der Waals surface area contributed by atoms with E-state index in [0.29, 0.717) is 11.3 Å². The summed E-state index contributed by atoms with van der Waals surface area (Å²) in [7, 11) is -1.87. The van der Waals surface area contributed by atoms with Gasteiger partial charge in [-0.1, -0.05) is 0 Å². The normalized spacial score (nSPS) is 12.3. The molecular formula is C17H17N3O3S2. The van der Waals surface area contributed by atoms with E-state index in [-0.39, 0.29) is 0 Å². The molecular weight excluding hydrogens is 358 g/mol. The Morgan fingerprint density at radius 3 is 2.44 bits per heavy atom. The van der Waals surface area contributed by atoms with Gasteiger partial charge in [-0.25, -0.2) is 8.42 Å². The lowest BCUT2D eigenvalue weighted by Crippen LogP contribution is -2.18. The van der Waals surface area contributed by atoms with Gasteiger partial charge >= 0.3 is 0 Å². The summed E-state index contributed by atoms with van der Waals surface area (Å²) >= 11 is 1.30. The number of sulfonamides is 1. The van der Waals surface area contributed by atoms with E-state index in [1.807, 2.05) is 46.3 Å². The zero-order valence-corrected chi connectivity index (χ0v) is 15.4. The van der Waals surface area contributed by atoms with Crippen LogP contribution >= 0.6 is 11.3 Å². The third kappa shape index (κ3) is 4.34. The molecule has 0 aliphatic heterocycles. The van der Waals surface area contributed by atoms with Crippen molar-refractivity contribution < 1.29 is 13.2 Å². The maximum atomic E-state index is 11.6. The van der Waals surface area contributed by atoms with Gasteiger partial charge in [0.15, 0.2) is 0 Å². The van der Waals surface area contributed by atoms with Crippen LogP contribution in [0.15, 0.2) is 58.6 Å². The van der Waals surface area contributed by atoms with Crippen LogP contribution in [0.25, 0.3) is 11.3 Å². The van der Waals surface area contributed by atoms with E-state index in [2.05, 4.69) is 9.38 Å². The number of methoxy groups -OCH3 is 1. The van der Waals surface area contributed by atoms with E-state index in [1.165, 1.54) is 11.3 Å². The third-order valence-electron chi connectivity index (χ3n) is 3.52. The number of pyridine rings is 1. The summed E-state index contributed by atoms with van der Waals surface area (Å²) in [5.41, 5.74) is 2.87. The molecule has 0 aliphatic rings.